The number of likely N-dealkylation sites (tertiary alicyclic amines) is 1. The molecule has 0 spiro atoms. The van der Waals surface area contributed by atoms with Crippen molar-refractivity contribution < 1.29 is 4.79 Å². The first-order valence-corrected chi connectivity index (χ1v) is 7.94. The van der Waals surface area contributed by atoms with Crippen LogP contribution < -0.4 is 10.2 Å². The van der Waals surface area contributed by atoms with Crippen LogP contribution in [0, 0.1) is 0 Å². The Morgan fingerprint density at radius 1 is 1.36 bits per heavy atom. The third-order valence-corrected chi connectivity index (χ3v) is 3.98. The third kappa shape index (κ3) is 3.87. The zero-order valence-electron chi connectivity index (χ0n) is 14.3. The minimum atomic E-state index is 0.163. The lowest BCUT2D eigenvalue weighted by molar-refractivity contribution is -0.129. The van der Waals surface area contributed by atoms with Gasteiger partial charge in [-0.05, 0) is 26.7 Å². The van der Waals surface area contributed by atoms with Gasteiger partial charge in [-0.2, -0.15) is 0 Å². The van der Waals surface area contributed by atoms with Gasteiger partial charge in [0.25, 0.3) is 0 Å². The summed E-state index contributed by atoms with van der Waals surface area (Å²) in [4.78, 5) is 24.5. The molecule has 1 amide bonds. The van der Waals surface area contributed by atoms with E-state index < -0.39 is 0 Å². The summed E-state index contributed by atoms with van der Waals surface area (Å²) in [6.07, 6.45) is 3.79. The third-order valence-electron chi connectivity index (χ3n) is 3.98. The second-order valence-electron chi connectivity index (χ2n) is 6.44. The quantitative estimate of drug-likeness (QED) is 0.923. The van der Waals surface area contributed by atoms with Crippen molar-refractivity contribution in [1.29, 1.82) is 0 Å². The van der Waals surface area contributed by atoms with Gasteiger partial charge in [0.2, 0.25) is 11.9 Å². The van der Waals surface area contributed by atoms with Crippen LogP contribution in [-0.2, 0) is 4.79 Å². The number of nitrogens with zero attached hydrogens (tertiary/aromatic N) is 4. The Kier molecular flexibility index (Phi) is 5.21. The van der Waals surface area contributed by atoms with Crippen LogP contribution in [0.5, 0.6) is 0 Å². The van der Waals surface area contributed by atoms with E-state index in [1.54, 1.807) is 6.92 Å². The van der Waals surface area contributed by atoms with Gasteiger partial charge in [-0.3, -0.25) is 4.79 Å². The average molecular weight is 305 g/mol. The normalized spacial score (nSPS) is 16.0. The van der Waals surface area contributed by atoms with E-state index in [0.717, 1.165) is 43.3 Å². The molecule has 1 fully saturated rings. The lowest BCUT2D eigenvalue weighted by atomic mass is 9.92. The molecule has 6 heteroatoms. The van der Waals surface area contributed by atoms with Gasteiger partial charge in [-0.15, -0.1) is 0 Å². The first-order valence-electron chi connectivity index (χ1n) is 7.94. The van der Waals surface area contributed by atoms with Crippen molar-refractivity contribution in [3.05, 3.63) is 11.9 Å². The zero-order valence-corrected chi connectivity index (χ0v) is 14.3. The molecule has 2 rings (SSSR count). The maximum Gasteiger partial charge on any atom is 0.225 e. The van der Waals surface area contributed by atoms with Crippen molar-refractivity contribution in [1.82, 2.24) is 14.9 Å². The van der Waals surface area contributed by atoms with Crippen LogP contribution in [-0.4, -0.2) is 54.0 Å². The Morgan fingerprint density at radius 2 is 2.00 bits per heavy atom. The molecule has 1 saturated heterocycles. The minimum Gasteiger partial charge on any atom is -0.380 e. The van der Waals surface area contributed by atoms with Gasteiger partial charge in [0.1, 0.15) is 0 Å². The van der Waals surface area contributed by atoms with Gasteiger partial charge < -0.3 is 15.1 Å². The number of rotatable bonds is 4. The Hall–Kier alpha value is -1.85. The highest BCUT2D eigenvalue weighted by atomic mass is 16.2. The van der Waals surface area contributed by atoms with Crippen LogP contribution >= 0.6 is 0 Å². The molecule has 0 atom stereocenters. The van der Waals surface area contributed by atoms with Gasteiger partial charge in [0, 0.05) is 46.1 Å². The van der Waals surface area contributed by atoms with Crippen molar-refractivity contribution in [2.75, 3.05) is 37.4 Å². The molecule has 0 bridgehead atoms. The highest BCUT2D eigenvalue weighted by Crippen LogP contribution is 2.32. The van der Waals surface area contributed by atoms with Crippen molar-refractivity contribution in [2.45, 2.75) is 45.6 Å². The summed E-state index contributed by atoms with van der Waals surface area (Å²) < 4.78 is 0. The molecular formula is C16H27N5O. The number of amides is 1. The lowest BCUT2D eigenvalue weighted by Crippen LogP contribution is -2.36. The van der Waals surface area contributed by atoms with Crippen molar-refractivity contribution in [3.8, 4) is 0 Å². The number of piperidine rings is 1. The zero-order chi connectivity index (χ0) is 16.3. The number of nitrogens with one attached hydrogen (secondary N) is 1. The summed E-state index contributed by atoms with van der Waals surface area (Å²) in [6.45, 7) is 7.48. The Morgan fingerprint density at radius 3 is 2.50 bits per heavy atom. The van der Waals surface area contributed by atoms with E-state index in [2.05, 4.69) is 24.1 Å². The summed E-state index contributed by atoms with van der Waals surface area (Å²) in [5.41, 5.74) is 2.09. The second kappa shape index (κ2) is 6.94. The molecule has 0 saturated carbocycles. The Labute approximate surface area is 132 Å². The van der Waals surface area contributed by atoms with Gasteiger partial charge in [-0.25, -0.2) is 9.97 Å². The number of hydrogen-bond donors (Lipinski definition) is 1. The molecule has 0 aliphatic carbocycles. The van der Waals surface area contributed by atoms with E-state index in [1.807, 2.05) is 30.1 Å². The van der Waals surface area contributed by atoms with E-state index in [-0.39, 0.29) is 5.91 Å². The molecule has 122 valence electrons. The maximum absolute atomic E-state index is 11.5. The lowest BCUT2D eigenvalue weighted by Gasteiger charge is -2.32. The molecule has 1 aliphatic rings. The van der Waals surface area contributed by atoms with Crippen molar-refractivity contribution in [2.24, 2.45) is 0 Å². The summed E-state index contributed by atoms with van der Waals surface area (Å²) in [6, 6.07) is 0.338. The molecule has 1 aromatic heterocycles. The molecule has 1 aromatic rings. The molecule has 0 radical (unpaired) electrons. The standard InChI is InChI=1S/C16H27N5O/c1-11(2)18-14-10-17-16(20(4)5)19-15(14)13-6-8-21(9-7-13)12(3)22/h10-11,13,18H,6-9H2,1-5H3. The van der Waals surface area contributed by atoms with Crippen LogP contribution in [0.4, 0.5) is 11.6 Å². The van der Waals surface area contributed by atoms with Crippen molar-refractivity contribution >= 4 is 17.5 Å². The van der Waals surface area contributed by atoms with Crippen LogP contribution in [0.15, 0.2) is 6.20 Å². The minimum absolute atomic E-state index is 0.163. The molecule has 1 N–H and O–H groups in total. The first kappa shape index (κ1) is 16.5. The van der Waals surface area contributed by atoms with E-state index in [0.29, 0.717) is 12.0 Å². The fourth-order valence-corrected chi connectivity index (χ4v) is 2.80. The number of anilines is 2. The summed E-state index contributed by atoms with van der Waals surface area (Å²) in [5.74, 6) is 1.27. The predicted octanol–water partition coefficient (Wildman–Crippen LogP) is 2.09. The summed E-state index contributed by atoms with van der Waals surface area (Å²) in [7, 11) is 3.90. The molecule has 1 aliphatic heterocycles. The Balaban J connectivity index is 2.23. The highest BCUT2D eigenvalue weighted by Gasteiger charge is 2.26. The van der Waals surface area contributed by atoms with Gasteiger partial charge >= 0.3 is 0 Å². The molecule has 2 heterocycles. The average Bonchev–Trinajstić information content (AvgIpc) is 2.47. The van der Waals surface area contributed by atoms with E-state index in [1.165, 1.54) is 0 Å². The van der Waals surface area contributed by atoms with E-state index in [9.17, 15) is 4.79 Å². The second-order valence-corrected chi connectivity index (χ2v) is 6.44. The van der Waals surface area contributed by atoms with E-state index >= 15 is 0 Å². The Bertz CT molecular complexity index is 521. The van der Waals surface area contributed by atoms with Gasteiger partial charge in [0.05, 0.1) is 17.6 Å². The van der Waals surface area contributed by atoms with Crippen LogP contribution in [0.3, 0.4) is 0 Å². The number of hydrogen-bond acceptors (Lipinski definition) is 5. The largest absolute Gasteiger partial charge is 0.380 e. The first-order chi connectivity index (χ1) is 10.4. The van der Waals surface area contributed by atoms with Crippen molar-refractivity contribution in [3.63, 3.8) is 0 Å². The number of aromatic nitrogens is 2. The summed E-state index contributed by atoms with van der Waals surface area (Å²) in [5, 5.41) is 3.45. The van der Waals surface area contributed by atoms with Crippen LogP contribution in [0.2, 0.25) is 0 Å². The smallest absolute Gasteiger partial charge is 0.225 e. The maximum atomic E-state index is 11.5. The number of carbonyl (C=O) groups is 1. The predicted molar refractivity (Wildman–Crippen MR) is 89.3 cm³/mol. The molecular weight excluding hydrogens is 278 g/mol. The molecule has 0 aromatic carbocycles. The molecule has 22 heavy (non-hydrogen) atoms. The van der Waals surface area contributed by atoms with Gasteiger partial charge in [-0.1, -0.05) is 0 Å². The van der Waals surface area contributed by atoms with E-state index in [4.69, 9.17) is 4.98 Å². The van der Waals surface area contributed by atoms with Crippen LogP contribution in [0.25, 0.3) is 0 Å². The fourth-order valence-electron chi connectivity index (χ4n) is 2.80. The fraction of sp³-hybridized carbons (Fsp3) is 0.688. The molecule has 6 nitrogen and oxygen atoms in total. The topological polar surface area (TPSA) is 61.4 Å². The highest BCUT2D eigenvalue weighted by molar-refractivity contribution is 5.73. The van der Waals surface area contributed by atoms with Crippen LogP contribution in [0.1, 0.15) is 45.2 Å². The number of carbonyl (C=O) groups excluding carboxylic acids is 1. The van der Waals surface area contributed by atoms with Gasteiger partial charge in [0.15, 0.2) is 0 Å². The SMILES string of the molecule is CC(=O)N1CCC(c2nc(N(C)C)ncc2NC(C)C)CC1. The molecule has 0 unspecified atom stereocenters. The summed E-state index contributed by atoms with van der Waals surface area (Å²) >= 11 is 0. The monoisotopic (exact) mass is 305 g/mol.